The fourth-order valence-corrected chi connectivity index (χ4v) is 0.963. The van der Waals surface area contributed by atoms with E-state index in [1.807, 2.05) is 13.8 Å². The van der Waals surface area contributed by atoms with Crippen molar-refractivity contribution in [3.8, 4) is 5.88 Å². The highest BCUT2D eigenvalue weighted by atomic mass is 16.5. The van der Waals surface area contributed by atoms with Gasteiger partial charge in [0.1, 0.15) is 12.0 Å². The fourth-order valence-electron chi connectivity index (χ4n) is 0.963. The highest BCUT2D eigenvalue weighted by Crippen LogP contribution is 2.05. The van der Waals surface area contributed by atoms with Gasteiger partial charge in [0.15, 0.2) is 0 Å². The number of carbonyl (C=O) groups is 1. The average molecular weight is 209 g/mol. The van der Waals surface area contributed by atoms with E-state index in [1.54, 1.807) is 0 Å². The molecule has 0 radical (unpaired) electrons. The van der Waals surface area contributed by atoms with E-state index in [4.69, 9.17) is 4.74 Å². The molecule has 1 N–H and O–H groups in total. The zero-order chi connectivity index (χ0) is 11.3. The van der Waals surface area contributed by atoms with Gasteiger partial charge in [0.05, 0.1) is 7.11 Å². The Labute approximate surface area is 88.9 Å². The number of nitrogens with one attached hydrogen (secondary N) is 1. The third-order valence-electron chi connectivity index (χ3n) is 1.75. The summed E-state index contributed by atoms with van der Waals surface area (Å²) in [4.78, 5) is 19.2. The average Bonchev–Trinajstić information content (AvgIpc) is 2.26. The van der Waals surface area contributed by atoms with Crippen LogP contribution in [0.2, 0.25) is 0 Å². The van der Waals surface area contributed by atoms with Gasteiger partial charge in [0.2, 0.25) is 5.88 Å². The maximum Gasteiger partial charge on any atom is 0.270 e. The Morgan fingerprint density at radius 3 is 2.87 bits per heavy atom. The molecule has 0 saturated heterocycles. The summed E-state index contributed by atoms with van der Waals surface area (Å²) >= 11 is 0. The number of hydrogen-bond donors (Lipinski definition) is 1. The molecule has 15 heavy (non-hydrogen) atoms. The predicted molar refractivity (Wildman–Crippen MR) is 55.8 cm³/mol. The number of ether oxygens (including phenoxy) is 1. The van der Waals surface area contributed by atoms with Gasteiger partial charge >= 0.3 is 0 Å². The molecule has 0 aromatic carbocycles. The minimum atomic E-state index is -0.204. The Kier molecular flexibility index (Phi) is 4.03. The van der Waals surface area contributed by atoms with Crippen LogP contribution in [0.4, 0.5) is 0 Å². The Balaban J connectivity index is 2.65. The molecule has 0 aliphatic carbocycles. The van der Waals surface area contributed by atoms with Gasteiger partial charge in [-0.15, -0.1) is 0 Å². The van der Waals surface area contributed by atoms with Crippen molar-refractivity contribution in [1.82, 2.24) is 15.3 Å². The molecule has 0 fully saturated rings. The lowest BCUT2D eigenvalue weighted by atomic mass is 10.2. The van der Waals surface area contributed by atoms with E-state index in [2.05, 4.69) is 15.3 Å². The second-order valence-corrected chi connectivity index (χ2v) is 3.55. The molecule has 1 heterocycles. The van der Waals surface area contributed by atoms with Gasteiger partial charge < -0.3 is 10.1 Å². The summed E-state index contributed by atoms with van der Waals surface area (Å²) in [5, 5.41) is 2.76. The molecule has 5 nitrogen and oxygen atoms in total. The standard InChI is InChI=1S/C10H15N3O2/c1-7(2)5-11-10(14)8-4-9(15-3)13-6-12-8/h4,6-7H,5H2,1-3H3,(H,11,14). The summed E-state index contributed by atoms with van der Waals surface area (Å²) < 4.78 is 4.90. The van der Waals surface area contributed by atoms with Gasteiger partial charge in [-0.1, -0.05) is 13.8 Å². The summed E-state index contributed by atoms with van der Waals surface area (Å²) in [6.07, 6.45) is 1.31. The van der Waals surface area contributed by atoms with E-state index in [1.165, 1.54) is 19.5 Å². The maximum atomic E-state index is 11.6. The third-order valence-corrected chi connectivity index (χ3v) is 1.75. The molecule has 0 saturated carbocycles. The highest BCUT2D eigenvalue weighted by molar-refractivity contribution is 5.92. The zero-order valence-corrected chi connectivity index (χ0v) is 9.15. The van der Waals surface area contributed by atoms with E-state index in [-0.39, 0.29) is 5.91 Å². The van der Waals surface area contributed by atoms with E-state index in [9.17, 15) is 4.79 Å². The van der Waals surface area contributed by atoms with E-state index in [0.717, 1.165) is 0 Å². The zero-order valence-electron chi connectivity index (χ0n) is 9.15. The topological polar surface area (TPSA) is 64.1 Å². The summed E-state index contributed by atoms with van der Waals surface area (Å²) in [7, 11) is 1.50. The second kappa shape index (κ2) is 5.29. The van der Waals surface area contributed by atoms with Crippen LogP contribution in [-0.2, 0) is 0 Å². The first-order chi connectivity index (χ1) is 7.13. The van der Waals surface area contributed by atoms with Crippen molar-refractivity contribution in [1.29, 1.82) is 0 Å². The molecule has 82 valence electrons. The van der Waals surface area contributed by atoms with Crippen molar-refractivity contribution >= 4 is 5.91 Å². The van der Waals surface area contributed by atoms with Gasteiger partial charge in [-0.25, -0.2) is 9.97 Å². The van der Waals surface area contributed by atoms with Crippen LogP contribution < -0.4 is 10.1 Å². The van der Waals surface area contributed by atoms with Crippen molar-refractivity contribution in [2.45, 2.75) is 13.8 Å². The Morgan fingerprint density at radius 1 is 1.53 bits per heavy atom. The molecule has 0 spiro atoms. The van der Waals surface area contributed by atoms with Crippen LogP contribution >= 0.6 is 0 Å². The molecule has 0 bridgehead atoms. The van der Waals surface area contributed by atoms with Crippen molar-refractivity contribution in [3.63, 3.8) is 0 Å². The summed E-state index contributed by atoms with van der Waals surface area (Å²) in [6, 6.07) is 1.51. The van der Waals surface area contributed by atoms with Crippen LogP contribution in [0.15, 0.2) is 12.4 Å². The van der Waals surface area contributed by atoms with Gasteiger partial charge in [0.25, 0.3) is 5.91 Å². The molecule has 1 aromatic heterocycles. The first kappa shape index (κ1) is 11.4. The van der Waals surface area contributed by atoms with Gasteiger partial charge in [-0.3, -0.25) is 4.79 Å². The first-order valence-electron chi connectivity index (χ1n) is 4.77. The van der Waals surface area contributed by atoms with Crippen molar-refractivity contribution in [2.24, 2.45) is 5.92 Å². The monoisotopic (exact) mass is 209 g/mol. The SMILES string of the molecule is COc1cc(C(=O)NCC(C)C)ncn1. The smallest absolute Gasteiger partial charge is 0.270 e. The number of hydrogen-bond acceptors (Lipinski definition) is 4. The molecule has 0 aliphatic rings. The fraction of sp³-hybridized carbons (Fsp3) is 0.500. The van der Waals surface area contributed by atoms with Crippen molar-refractivity contribution < 1.29 is 9.53 Å². The van der Waals surface area contributed by atoms with Crippen molar-refractivity contribution in [3.05, 3.63) is 18.1 Å². The molecule has 5 heteroatoms. The van der Waals surface area contributed by atoms with Crippen LogP contribution in [0.25, 0.3) is 0 Å². The molecule has 1 amide bonds. The third kappa shape index (κ3) is 3.53. The Morgan fingerprint density at radius 2 is 2.27 bits per heavy atom. The number of nitrogens with zero attached hydrogens (tertiary/aromatic N) is 2. The normalized spacial score (nSPS) is 10.1. The van der Waals surface area contributed by atoms with Gasteiger partial charge in [-0.2, -0.15) is 0 Å². The minimum absolute atomic E-state index is 0.204. The molecule has 1 rings (SSSR count). The second-order valence-electron chi connectivity index (χ2n) is 3.55. The largest absolute Gasteiger partial charge is 0.481 e. The lowest BCUT2D eigenvalue weighted by Gasteiger charge is -2.07. The number of amides is 1. The summed E-state index contributed by atoms with van der Waals surface area (Å²) in [5.74, 6) is 0.599. The number of carbonyl (C=O) groups excluding carboxylic acids is 1. The molecule has 0 atom stereocenters. The number of rotatable bonds is 4. The molecule has 0 aliphatic heterocycles. The maximum absolute atomic E-state index is 11.6. The summed E-state index contributed by atoms with van der Waals surface area (Å²) in [6.45, 7) is 4.69. The summed E-state index contributed by atoms with van der Waals surface area (Å²) in [5.41, 5.74) is 0.322. The molecular formula is C10H15N3O2. The minimum Gasteiger partial charge on any atom is -0.481 e. The van der Waals surface area contributed by atoms with Crippen LogP contribution in [0, 0.1) is 5.92 Å². The first-order valence-corrected chi connectivity index (χ1v) is 4.77. The van der Waals surface area contributed by atoms with Crippen LogP contribution in [0.3, 0.4) is 0 Å². The van der Waals surface area contributed by atoms with Crippen LogP contribution in [0.1, 0.15) is 24.3 Å². The van der Waals surface area contributed by atoms with E-state index >= 15 is 0 Å². The highest BCUT2D eigenvalue weighted by Gasteiger charge is 2.08. The molecule has 0 unspecified atom stereocenters. The predicted octanol–water partition coefficient (Wildman–Crippen LogP) is 0.871. The van der Waals surface area contributed by atoms with Crippen molar-refractivity contribution in [2.75, 3.05) is 13.7 Å². The molecule has 1 aromatic rings. The lowest BCUT2D eigenvalue weighted by Crippen LogP contribution is -2.28. The number of aromatic nitrogens is 2. The van der Waals surface area contributed by atoms with E-state index < -0.39 is 0 Å². The van der Waals surface area contributed by atoms with E-state index in [0.29, 0.717) is 24.0 Å². The van der Waals surface area contributed by atoms with Crippen LogP contribution in [0.5, 0.6) is 5.88 Å². The Hall–Kier alpha value is -1.65. The van der Waals surface area contributed by atoms with Gasteiger partial charge in [-0.05, 0) is 5.92 Å². The van der Waals surface area contributed by atoms with Crippen LogP contribution in [-0.4, -0.2) is 29.5 Å². The number of methoxy groups -OCH3 is 1. The Bertz CT molecular complexity index is 339. The lowest BCUT2D eigenvalue weighted by molar-refractivity contribution is 0.0943. The van der Waals surface area contributed by atoms with Gasteiger partial charge in [0, 0.05) is 12.6 Å². The molecular weight excluding hydrogens is 194 g/mol. The quantitative estimate of drug-likeness (QED) is 0.799.